The Hall–Kier alpha value is -0.470. The predicted octanol–water partition coefficient (Wildman–Crippen LogP) is 2.52. The first-order valence-electron chi connectivity index (χ1n) is 4.90. The lowest BCUT2D eigenvalue weighted by atomic mass is 10.3. The topological polar surface area (TPSA) is 54.0 Å². The number of hydrogen-bond donors (Lipinski definition) is 2. The van der Waals surface area contributed by atoms with Crippen molar-refractivity contribution in [3.05, 3.63) is 21.9 Å². The second-order valence-electron chi connectivity index (χ2n) is 3.16. The molecule has 1 aromatic heterocycles. The van der Waals surface area contributed by atoms with Gasteiger partial charge in [-0.15, -0.1) is 11.6 Å². The van der Waals surface area contributed by atoms with Crippen LogP contribution in [0.3, 0.4) is 0 Å². The summed E-state index contributed by atoms with van der Waals surface area (Å²) in [4.78, 5) is 15.4. The van der Waals surface area contributed by atoms with Gasteiger partial charge < -0.3 is 10.6 Å². The Morgan fingerprint density at radius 3 is 2.88 bits per heavy atom. The van der Waals surface area contributed by atoms with Gasteiger partial charge in [-0.1, -0.05) is 0 Å². The summed E-state index contributed by atoms with van der Waals surface area (Å²) in [5.41, 5.74) is 0. The number of alkyl halides is 1. The van der Waals surface area contributed by atoms with Crippen molar-refractivity contribution in [2.75, 3.05) is 11.2 Å². The number of rotatable bonds is 4. The predicted molar refractivity (Wildman–Crippen MR) is 81.3 cm³/mol. The highest BCUT2D eigenvalue weighted by Gasteiger charge is 2.04. The highest BCUT2D eigenvalue weighted by Crippen LogP contribution is 2.06. The number of nitrogens with zero attached hydrogens (tertiary/aromatic N) is 1. The van der Waals surface area contributed by atoms with E-state index in [9.17, 15) is 4.79 Å². The molecule has 4 nitrogen and oxygen atoms in total. The van der Waals surface area contributed by atoms with Crippen molar-refractivity contribution in [2.24, 2.45) is 0 Å². The molecule has 2 N–H and O–H groups in total. The smallest absolute Gasteiger partial charge is 0.226 e. The number of hydrogen-bond acceptors (Lipinski definition) is 3. The molecule has 7 heteroatoms. The van der Waals surface area contributed by atoms with E-state index in [2.05, 4.69) is 38.2 Å². The molecular formula is C10H11ClIN3OS. The van der Waals surface area contributed by atoms with Crippen molar-refractivity contribution in [1.82, 2.24) is 10.3 Å². The molecule has 0 aliphatic rings. The van der Waals surface area contributed by atoms with E-state index < -0.39 is 0 Å². The number of anilines is 1. The lowest BCUT2D eigenvalue weighted by molar-refractivity contribution is -0.119. The molecule has 0 atom stereocenters. The first-order chi connectivity index (χ1) is 8.11. The summed E-state index contributed by atoms with van der Waals surface area (Å²) in [5.74, 6) is 0.924. The molecule has 0 unspecified atom stereocenters. The van der Waals surface area contributed by atoms with Crippen LogP contribution in [0, 0.1) is 3.57 Å². The van der Waals surface area contributed by atoms with Crippen molar-refractivity contribution < 1.29 is 4.79 Å². The van der Waals surface area contributed by atoms with E-state index in [1.54, 1.807) is 12.3 Å². The average Bonchev–Trinajstić information content (AvgIpc) is 2.29. The second kappa shape index (κ2) is 7.78. The fraction of sp³-hybridized carbons (Fsp3) is 0.300. The van der Waals surface area contributed by atoms with Gasteiger partial charge in [0.1, 0.15) is 5.82 Å². The minimum Gasteiger partial charge on any atom is -0.317 e. The summed E-state index contributed by atoms with van der Waals surface area (Å²) in [6.07, 6.45) is 2.71. The van der Waals surface area contributed by atoms with E-state index in [1.807, 2.05) is 6.07 Å². The van der Waals surface area contributed by atoms with Crippen LogP contribution < -0.4 is 10.6 Å². The average molecular weight is 384 g/mol. The molecule has 0 aromatic carbocycles. The van der Waals surface area contributed by atoms with Crippen LogP contribution in [0.15, 0.2) is 18.3 Å². The van der Waals surface area contributed by atoms with Crippen molar-refractivity contribution in [2.45, 2.75) is 12.8 Å². The molecule has 0 fully saturated rings. The molecule has 1 rings (SSSR count). The zero-order chi connectivity index (χ0) is 12.7. The molecule has 1 amide bonds. The first-order valence-corrected chi connectivity index (χ1v) is 6.92. The van der Waals surface area contributed by atoms with Crippen LogP contribution in [0.5, 0.6) is 0 Å². The SMILES string of the molecule is O=C(CCCCl)NC(=S)Nc1ccc(I)cn1. The van der Waals surface area contributed by atoms with Crippen molar-refractivity contribution in [1.29, 1.82) is 0 Å². The minimum absolute atomic E-state index is 0.145. The highest BCUT2D eigenvalue weighted by atomic mass is 127. The van der Waals surface area contributed by atoms with Gasteiger partial charge in [-0.2, -0.15) is 0 Å². The number of halogens is 2. The Labute approximate surface area is 124 Å². The summed E-state index contributed by atoms with van der Waals surface area (Å²) in [6.45, 7) is 0. The maximum Gasteiger partial charge on any atom is 0.226 e. The van der Waals surface area contributed by atoms with Crippen LogP contribution in [0.1, 0.15) is 12.8 Å². The van der Waals surface area contributed by atoms with E-state index in [0.717, 1.165) is 3.57 Å². The van der Waals surface area contributed by atoms with Gasteiger partial charge >= 0.3 is 0 Å². The number of amides is 1. The summed E-state index contributed by atoms with van der Waals surface area (Å²) in [7, 11) is 0. The Kier molecular flexibility index (Phi) is 6.68. The van der Waals surface area contributed by atoms with Crippen LogP contribution in [0.4, 0.5) is 5.82 Å². The number of thiocarbonyl (C=S) groups is 1. The van der Waals surface area contributed by atoms with E-state index in [0.29, 0.717) is 24.5 Å². The van der Waals surface area contributed by atoms with Gasteiger partial charge in [-0.05, 0) is 53.4 Å². The summed E-state index contributed by atoms with van der Waals surface area (Å²) in [6, 6.07) is 3.69. The quantitative estimate of drug-likeness (QED) is 0.477. The van der Waals surface area contributed by atoms with Crippen LogP contribution in [-0.2, 0) is 4.79 Å². The summed E-state index contributed by atoms with van der Waals surface area (Å²) in [5, 5.41) is 5.64. The van der Waals surface area contributed by atoms with Gasteiger partial charge in [-0.3, -0.25) is 4.79 Å². The normalized spacial score (nSPS) is 9.76. The lowest BCUT2D eigenvalue weighted by Crippen LogP contribution is -2.34. The third-order valence-electron chi connectivity index (χ3n) is 1.76. The molecule has 0 bridgehead atoms. The standard InChI is InChI=1S/C10H11ClIN3OS/c11-5-1-2-9(16)15-10(17)14-8-4-3-7(12)6-13-8/h3-4,6H,1-2,5H2,(H2,13,14,15,16,17). The number of pyridine rings is 1. The van der Waals surface area contributed by atoms with Gasteiger partial charge in [0, 0.05) is 22.1 Å². The molecular weight excluding hydrogens is 373 g/mol. The molecule has 17 heavy (non-hydrogen) atoms. The van der Waals surface area contributed by atoms with Crippen LogP contribution in [0.2, 0.25) is 0 Å². The number of carbonyl (C=O) groups is 1. The van der Waals surface area contributed by atoms with Gasteiger partial charge in [0.15, 0.2) is 5.11 Å². The first kappa shape index (κ1) is 14.6. The highest BCUT2D eigenvalue weighted by molar-refractivity contribution is 14.1. The van der Waals surface area contributed by atoms with Gasteiger partial charge in [0.05, 0.1) is 0 Å². The summed E-state index contributed by atoms with van der Waals surface area (Å²) >= 11 is 12.6. The summed E-state index contributed by atoms with van der Waals surface area (Å²) < 4.78 is 1.03. The zero-order valence-electron chi connectivity index (χ0n) is 8.87. The van der Waals surface area contributed by atoms with Gasteiger partial charge in [-0.25, -0.2) is 4.98 Å². The fourth-order valence-corrected chi connectivity index (χ4v) is 1.68. The maximum absolute atomic E-state index is 11.3. The van der Waals surface area contributed by atoms with E-state index in [1.165, 1.54) is 0 Å². The molecule has 0 saturated carbocycles. The van der Waals surface area contributed by atoms with Gasteiger partial charge in [0.2, 0.25) is 5.91 Å². The van der Waals surface area contributed by atoms with E-state index in [-0.39, 0.29) is 11.0 Å². The molecule has 0 aliphatic heterocycles. The minimum atomic E-state index is -0.145. The number of carbonyl (C=O) groups excluding carboxylic acids is 1. The monoisotopic (exact) mass is 383 g/mol. The third-order valence-corrected chi connectivity index (χ3v) is 2.87. The Morgan fingerprint density at radius 2 is 2.29 bits per heavy atom. The van der Waals surface area contributed by atoms with E-state index in [4.69, 9.17) is 23.8 Å². The Morgan fingerprint density at radius 1 is 1.53 bits per heavy atom. The Balaban J connectivity index is 2.39. The number of aromatic nitrogens is 1. The van der Waals surface area contributed by atoms with Crippen LogP contribution in [-0.4, -0.2) is 21.9 Å². The molecule has 0 aliphatic carbocycles. The second-order valence-corrected chi connectivity index (χ2v) is 5.19. The third kappa shape index (κ3) is 6.13. The molecule has 0 saturated heterocycles. The Bertz CT molecular complexity index is 399. The number of nitrogens with one attached hydrogen (secondary N) is 2. The molecule has 1 heterocycles. The largest absolute Gasteiger partial charge is 0.317 e. The maximum atomic E-state index is 11.3. The van der Waals surface area contributed by atoms with E-state index >= 15 is 0 Å². The molecule has 0 radical (unpaired) electrons. The van der Waals surface area contributed by atoms with Crippen molar-refractivity contribution >= 4 is 63.2 Å². The van der Waals surface area contributed by atoms with Crippen LogP contribution >= 0.6 is 46.4 Å². The molecule has 0 spiro atoms. The fourth-order valence-electron chi connectivity index (χ4n) is 1.01. The van der Waals surface area contributed by atoms with Crippen LogP contribution in [0.25, 0.3) is 0 Å². The lowest BCUT2D eigenvalue weighted by Gasteiger charge is -2.08. The zero-order valence-corrected chi connectivity index (χ0v) is 12.6. The molecule has 92 valence electrons. The van der Waals surface area contributed by atoms with Crippen molar-refractivity contribution in [3.63, 3.8) is 0 Å². The molecule has 1 aromatic rings. The van der Waals surface area contributed by atoms with Crippen molar-refractivity contribution in [3.8, 4) is 0 Å². The van der Waals surface area contributed by atoms with Gasteiger partial charge in [0.25, 0.3) is 0 Å².